The zero-order valence-corrected chi connectivity index (χ0v) is 14.3. The normalized spacial score (nSPS) is 11.6. The van der Waals surface area contributed by atoms with Crippen molar-refractivity contribution in [2.24, 2.45) is 0 Å². The van der Waals surface area contributed by atoms with E-state index in [1.54, 1.807) is 37.3 Å². The average molecular weight is 342 g/mol. The fourth-order valence-electron chi connectivity index (χ4n) is 2.61. The van der Waals surface area contributed by atoms with Gasteiger partial charge in [0.25, 0.3) is 5.56 Å². The van der Waals surface area contributed by atoms with Crippen molar-refractivity contribution in [2.75, 3.05) is 4.72 Å². The molecule has 0 spiro atoms. The van der Waals surface area contributed by atoms with Gasteiger partial charge in [-0.25, -0.2) is 8.42 Å². The highest BCUT2D eigenvalue weighted by molar-refractivity contribution is 7.91. The Balaban J connectivity index is 1.88. The minimum absolute atomic E-state index is 0.100. The molecule has 0 aliphatic carbocycles. The summed E-state index contributed by atoms with van der Waals surface area (Å²) in [7, 11) is -3.53. The second-order valence-electron chi connectivity index (χ2n) is 5.93. The summed E-state index contributed by atoms with van der Waals surface area (Å²) in [6, 6.07) is 14.3. The molecule has 2 aromatic carbocycles. The SMILES string of the molecule is Cc1cccc(CS(=O)(=O)Nc2ccc3cc(C)c(=O)[nH]c3c2)c1. The van der Waals surface area contributed by atoms with Crippen LogP contribution in [0.2, 0.25) is 0 Å². The third-order valence-corrected chi connectivity index (χ3v) is 5.00. The van der Waals surface area contributed by atoms with Crippen molar-refractivity contribution in [1.82, 2.24) is 4.98 Å². The quantitative estimate of drug-likeness (QED) is 0.765. The van der Waals surface area contributed by atoms with Gasteiger partial charge in [0.2, 0.25) is 10.0 Å². The van der Waals surface area contributed by atoms with E-state index in [1.807, 2.05) is 25.1 Å². The van der Waals surface area contributed by atoms with Crippen LogP contribution in [0.1, 0.15) is 16.7 Å². The van der Waals surface area contributed by atoms with Crippen LogP contribution in [0.25, 0.3) is 10.9 Å². The molecule has 24 heavy (non-hydrogen) atoms. The van der Waals surface area contributed by atoms with Crippen molar-refractivity contribution in [3.8, 4) is 0 Å². The van der Waals surface area contributed by atoms with Crippen LogP contribution in [-0.4, -0.2) is 13.4 Å². The summed E-state index contributed by atoms with van der Waals surface area (Å²) in [6.45, 7) is 3.65. The molecular weight excluding hydrogens is 324 g/mol. The summed E-state index contributed by atoms with van der Waals surface area (Å²) in [5, 5.41) is 0.855. The molecule has 0 unspecified atom stereocenters. The minimum Gasteiger partial charge on any atom is -0.322 e. The maximum absolute atomic E-state index is 12.4. The molecule has 1 aromatic heterocycles. The Labute approximate surface area is 140 Å². The van der Waals surface area contributed by atoms with Gasteiger partial charge in [0.15, 0.2) is 0 Å². The molecule has 3 aromatic rings. The van der Waals surface area contributed by atoms with Crippen molar-refractivity contribution < 1.29 is 8.42 Å². The summed E-state index contributed by atoms with van der Waals surface area (Å²) in [6.07, 6.45) is 0. The molecule has 1 heterocycles. The largest absolute Gasteiger partial charge is 0.322 e. The Morgan fingerprint density at radius 2 is 1.83 bits per heavy atom. The second kappa shape index (κ2) is 6.13. The topological polar surface area (TPSA) is 79.0 Å². The lowest BCUT2D eigenvalue weighted by Crippen LogP contribution is -2.15. The van der Waals surface area contributed by atoms with E-state index in [4.69, 9.17) is 0 Å². The van der Waals surface area contributed by atoms with E-state index in [0.29, 0.717) is 16.8 Å². The van der Waals surface area contributed by atoms with Crippen LogP contribution in [-0.2, 0) is 15.8 Å². The number of hydrogen-bond acceptors (Lipinski definition) is 3. The van der Waals surface area contributed by atoms with Gasteiger partial charge in [-0.3, -0.25) is 9.52 Å². The maximum atomic E-state index is 12.4. The van der Waals surface area contributed by atoms with Crippen molar-refractivity contribution in [3.63, 3.8) is 0 Å². The summed E-state index contributed by atoms with van der Waals surface area (Å²) in [5.41, 5.74) is 3.21. The number of aromatic amines is 1. The number of anilines is 1. The summed E-state index contributed by atoms with van der Waals surface area (Å²) >= 11 is 0. The van der Waals surface area contributed by atoms with Crippen LogP contribution in [0.5, 0.6) is 0 Å². The third kappa shape index (κ3) is 3.65. The van der Waals surface area contributed by atoms with Gasteiger partial charge in [0.1, 0.15) is 0 Å². The van der Waals surface area contributed by atoms with Crippen LogP contribution in [0.3, 0.4) is 0 Å². The van der Waals surface area contributed by atoms with Gasteiger partial charge < -0.3 is 4.98 Å². The van der Waals surface area contributed by atoms with Crippen LogP contribution >= 0.6 is 0 Å². The molecule has 0 aliphatic heterocycles. The number of aryl methyl sites for hydroxylation is 2. The van der Waals surface area contributed by atoms with E-state index in [2.05, 4.69) is 9.71 Å². The number of hydrogen-bond donors (Lipinski definition) is 2. The Kier molecular flexibility index (Phi) is 4.15. The smallest absolute Gasteiger partial charge is 0.251 e. The number of nitrogens with one attached hydrogen (secondary N) is 2. The number of fused-ring (bicyclic) bond motifs is 1. The number of aromatic nitrogens is 1. The second-order valence-corrected chi connectivity index (χ2v) is 7.66. The van der Waals surface area contributed by atoms with E-state index >= 15 is 0 Å². The molecular formula is C18H18N2O3S. The van der Waals surface area contributed by atoms with E-state index in [9.17, 15) is 13.2 Å². The summed E-state index contributed by atoms with van der Waals surface area (Å²) < 4.78 is 27.3. The zero-order chi connectivity index (χ0) is 17.3. The van der Waals surface area contributed by atoms with Gasteiger partial charge in [-0.2, -0.15) is 0 Å². The first-order valence-corrected chi connectivity index (χ1v) is 9.17. The van der Waals surface area contributed by atoms with Gasteiger partial charge >= 0.3 is 0 Å². The predicted molar refractivity (Wildman–Crippen MR) is 96.7 cm³/mol. The van der Waals surface area contributed by atoms with Crippen LogP contribution in [0.4, 0.5) is 5.69 Å². The highest BCUT2D eigenvalue weighted by atomic mass is 32.2. The Hall–Kier alpha value is -2.60. The van der Waals surface area contributed by atoms with Gasteiger partial charge in [-0.05, 0) is 43.0 Å². The minimum atomic E-state index is -3.53. The highest BCUT2D eigenvalue weighted by Gasteiger charge is 2.12. The van der Waals surface area contributed by atoms with Crippen LogP contribution < -0.4 is 10.3 Å². The molecule has 3 rings (SSSR count). The summed E-state index contributed by atoms with van der Waals surface area (Å²) in [4.78, 5) is 14.5. The molecule has 5 nitrogen and oxygen atoms in total. The Bertz CT molecular complexity index is 1070. The number of H-pyrrole nitrogens is 1. The van der Waals surface area contributed by atoms with Crippen molar-refractivity contribution >= 4 is 26.6 Å². The Morgan fingerprint density at radius 1 is 1.04 bits per heavy atom. The summed E-state index contributed by atoms with van der Waals surface area (Å²) in [5.74, 6) is -0.100. The molecule has 0 atom stereocenters. The van der Waals surface area contributed by atoms with E-state index in [0.717, 1.165) is 16.5 Å². The van der Waals surface area contributed by atoms with Crippen LogP contribution in [0, 0.1) is 13.8 Å². The lowest BCUT2D eigenvalue weighted by molar-refractivity contribution is 0.600. The molecule has 2 N–H and O–H groups in total. The van der Waals surface area contributed by atoms with Crippen molar-refractivity contribution in [2.45, 2.75) is 19.6 Å². The van der Waals surface area contributed by atoms with Crippen molar-refractivity contribution in [3.05, 3.63) is 75.6 Å². The molecule has 0 saturated carbocycles. The van der Waals surface area contributed by atoms with Crippen LogP contribution in [0.15, 0.2) is 53.3 Å². The first kappa shape index (κ1) is 16.3. The highest BCUT2D eigenvalue weighted by Crippen LogP contribution is 2.19. The molecule has 0 bridgehead atoms. The first-order valence-electron chi connectivity index (χ1n) is 7.52. The van der Waals surface area contributed by atoms with E-state index in [1.165, 1.54) is 0 Å². The van der Waals surface area contributed by atoms with Gasteiger partial charge in [-0.1, -0.05) is 35.9 Å². The number of rotatable bonds is 4. The maximum Gasteiger partial charge on any atom is 0.251 e. The van der Waals surface area contributed by atoms with E-state index < -0.39 is 10.0 Å². The number of sulfonamides is 1. The lowest BCUT2D eigenvalue weighted by atomic mass is 10.1. The average Bonchev–Trinajstić information content (AvgIpc) is 2.48. The Morgan fingerprint density at radius 3 is 2.58 bits per heavy atom. The van der Waals surface area contributed by atoms with Gasteiger partial charge in [0, 0.05) is 5.56 Å². The standard InChI is InChI=1S/C18H18N2O3S/c1-12-4-3-5-14(8-12)11-24(22,23)20-16-7-6-15-9-13(2)18(21)19-17(15)10-16/h3-10,20H,11H2,1-2H3,(H,19,21). The molecule has 0 aliphatic rings. The lowest BCUT2D eigenvalue weighted by Gasteiger charge is -2.10. The fourth-order valence-corrected chi connectivity index (χ4v) is 3.79. The number of pyridine rings is 1. The number of benzene rings is 2. The molecule has 124 valence electrons. The molecule has 0 fully saturated rings. The third-order valence-electron chi connectivity index (χ3n) is 3.74. The molecule has 0 amide bonds. The molecule has 0 saturated heterocycles. The monoisotopic (exact) mass is 342 g/mol. The fraction of sp³-hybridized carbons (Fsp3) is 0.167. The van der Waals surface area contributed by atoms with E-state index in [-0.39, 0.29) is 11.3 Å². The zero-order valence-electron chi connectivity index (χ0n) is 13.5. The van der Waals surface area contributed by atoms with Gasteiger partial charge in [0.05, 0.1) is 17.0 Å². The molecule has 6 heteroatoms. The van der Waals surface area contributed by atoms with Gasteiger partial charge in [-0.15, -0.1) is 0 Å². The van der Waals surface area contributed by atoms with Crippen molar-refractivity contribution in [1.29, 1.82) is 0 Å². The first-order chi connectivity index (χ1) is 11.3. The predicted octanol–water partition coefficient (Wildman–Crippen LogP) is 3.09. The molecule has 0 radical (unpaired) electrons.